The van der Waals surface area contributed by atoms with Gasteiger partial charge >= 0.3 is 11.9 Å². The van der Waals surface area contributed by atoms with Crippen LogP contribution < -0.4 is 0 Å². The summed E-state index contributed by atoms with van der Waals surface area (Å²) in [5.41, 5.74) is 0. The summed E-state index contributed by atoms with van der Waals surface area (Å²) in [5.74, 6) is -8.13. The summed E-state index contributed by atoms with van der Waals surface area (Å²) in [4.78, 5) is 22.3. The second-order valence-corrected chi connectivity index (χ2v) is 3.57. The quantitative estimate of drug-likeness (QED) is 0.543. The Morgan fingerprint density at radius 1 is 1.50 bits per heavy atom. The van der Waals surface area contributed by atoms with Crippen molar-refractivity contribution in [2.75, 3.05) is 19.8 Å². The zero-order chi connectivity index (χ0) is 12.2. The van der Waals surface area contributed by atoms with Crippen LogP contribution in [0.25, 0.3) is 0 Å². The molecule has 16 heavy (non-hydrogen) atoms. The van der Waals surface area contributed by atoms with Gasteiger partial charge in [0.2, 0.25) is 5.78 Å². The first-order chi connectivity index (χ1) is 7.50. The van der Waals surface area contributed by atoms with Crippen molar-refractivity contribution < 1.29 is 27.8 Å². The van der Waals surface area contributed by atoms with Crippen LogP contribution in [0, 0.1) is 5.92 Å². The van der Waals surface area contributed by atoms with Crippen LogP contribution in [-0.4, -0.2) is 37.5 Å². The summed E-state index contributed by atoms with van der Waals surface area (Å²) in [6.45, 7) is 1.65. The summed E-state index contributed by atoms with van der Waals surface area (Å²) < 4.78 is 35.7. The Balaban J connectivity index is 2.66. The van der Waals surface area contributed by atoms with Crippen molar-refractivity contribution in [3.8, 4) is 0 Å². The van der Waals surface area contributed by atoms with E-state index in [-0.39, 0.29) is 13.2 Å². The molecule has 0 amide bonds. The number of hydrogen-bond donors (Lipinski definition) is 0. The van der Waals surface area contributed by atoms with E-state index in [2.05, 4.69) is 4.74 Å². The maximum Gasteiger partial charge on any atom is 0.400 e. The molecule has 1 rings (SSSR count). The first-order valence-corrected chi connectivity index (χ1v) is 5.17. The summed E-state index contributed by atoms with van der Waals surface area (Å²) in [5, 5.41) is 0. The number of halogens is 2. The Morgan fingerprint density at radius 2 is 2.19 bits per heavy atom. The number of esters is 1. The molecule has 0 aliphatic carbocycles. The van der Waals surface area contributed by atoms with Crippen molar-refractivity contribution >= 4 is 11.8 Å². The molecule has 0 aromatic rings. The summed E-state index contributed by atoms with van der Waals surface area (Å²) in [6, 6.07) is 0. The second kappa shape index (κ2) is 5.34. The predicted octanol–water partition coefficient (Wildman–Crippen LogP) is 1.18. The Bertz CT molecular complexity index is 272. The molecule has 1 heterocycles. The lowest BCUT2D eigenvalue weighted by Gasteiger charge is -2.23. The van der Waals surface area contributed by atoms with Crippen molar-refractivity contribution in [1.29, 1.82) is 0 Å². The third-order valence-corrected chi connectivity index (χ3v) is 2.37. The van der Waals surface area contributed by atoms with Gasteiger partial charge in [0.25, 0.3) is 0 Å². The molecule has 1 aliphatic rings. The Kier molecular flexibility index (Phi) is 4.35. The van der Waals surface area contributed by atoms with Gasteiger partial charge in [0.15, 0.2) is 0 Å². The number of alkyl halides is 2. The zero-order valence-corrected chi connectivity index (χ0v) is 9.00. The van der Waals surface area contributed by atoms with E-state index in [1.807, 2.05) is 0 Å². The van der Waals surface area contributed by atoms with Gasteiger partial charge in [-0.3, -0.25) is 4.79 Å². The first-order valence-electron chi connectivity index (χ1n) is 5.17. The smallest absolute Gasteiger partial charge is 0.400 e. The normalized spacial score (nSPS) is 21.6. The minimum Gasteiger partial charge on any atom is -0.461 e. The highest BCUT2D eigenvalue weighted by atomic mass is 19.3. The fourth-order valence-electron chi connectivity index (χ4n) is 1.53. The average Bonchev–Trinajstić information content (AvgIpc) is 2.29. The van der Waals surface area contributed by atoms with Gasteiger partial charge < -0.3 is 9.47 Å². The molecule has 6 heteroatoms. The van der Waals surface area contributed by atoms with Crippen molar-refractivity contribution in [2.45, 2.75) is 25.7 Å². The number of Topliss-reactive ketones (excluding diaryl/α,β-unsaturated/α-hetero) is 1. The minimum absolute atomic E-state index is 0.0478. The van der Waals surface area contributed by atoms with Crippen molar-refractivity contribution in [3.05, 3.63) is 0 Å². The number of hydrogen-bond acceptors (Lipinski definition) is 4. The van der Waals surface area contributed by atoms with Crippen LogP contribution in [0.1, 0.15) is 19.8 Å². The molecule has 0 aromatic heterocycles. The highest BCUT2D eigenvalue weighted by Gasteiger charge is 2.51. The number of rotatable bonds is 4. The van der Waals surface area contributed by atoms with E-state index >= 15 is 0 Å². The molecule has 0 N–H and O–H groups in total. The molecule has 1 fully saturated rings. The van der Waals surface area contributed by atoms with Gasteiger partial charge in [-0.05, 0) is 19.8 Å². The molecule has 1 aliphatic heterocycles. The molecule has 1 atom stereocenters. The van der Waals surface area contributed by atoms with Crippen LogP contribution in [0.2, 0.25) is 0 Å². The molecule has 0 radical (unpaired) electrons. The van der Waals surface area contributed by atoms with E-state index in [9.17, 15) is 18.4 Å². The SMILES string of the molecule is CCOC(=O)C(F)(F)C(=O)C1CCCOC1. The molecular weight excluding hydrogens is 222 g/mol. The molecule has 0 saturated carbocycles. The Morgan fingerprint density at radius 3 is 2.69 bits per heavy atom. The molecule has 4 nitrogen and oxygen atoms in total. The third-order valence-electron chi connectivity index (χ3n) is 2.37. The number of ketones is 1. The van der Waals surface area contributed by atoms with Crippen LogP contribution >= 0.6 is 0 Å². The van der Waals surface area contributed by atoms with Gasteiger partial charge in [0, 0.05) is 12.5 Å². The topological polar surface area (TPSA) is 52.6 Å². The van der Waals surface area contributed by atoms with E-state index in [1.54, 1.807) is 0 Å². The fourth-order valence-corrected chi connectivity index (χ4v) is 1.53. The van der Waals surface area contributed by atoms with Crippen molar-refractivity contribution in [3.63, 3.8) is 0 Å². The molecule has 1 saturated heterocycles. The number of ether oxygens (including phenoxy) is 2. The van der Waals surface area contributed by atoms with Crippen molar-refractivity contribution in [1.82, 2.24) is 0 Å². The van der Waals surface area contributed by atoms with E-state index in [4.69, 9.17) is 4.74 Å². The lowest BCUT2D eigenvalue weighted by Crippen LogP contribution is -2.45. The van der Waals surface area contributed by atoms with Crippen LogP contribution in [-0.2, 0) is 19.1 Å². The largest absolute Gasteiger partial charge is 0.461 e. The van der Waals surface area contributed by atoms with E-state index in [1.165, 1.54) is 6.92 Å². The molecule has 0 spiro atoms. The summed E-state index contributed by atoms with van der Waals surface area (Å²) >= 11 is 0. The molecule has 1 unspecified atom stereocenters. The zero-order valence-electron chi connectivity index (χ0n) is 9.00. The average molecular weight is 236 g/mol. The minimum atomic E-state index is -4.05. The first kappa shape index (κ1) is 13.0. The van der Waals surface area contributed by atoms with Gasteiger partial charge in [-0.15, -0.1) is 0 Å². The van der Waals surface area contributed by atoms with Crippen LogP contribution in [0.5, 0.6) is 0 Å². The predicted molar refractivity (Wildman–Crippen MR) is 50.1 cm³/mol. The van der Waals surface area contributed by atoms with Gasteiger partial charge in [0.1, 0.15) is 0 Å². The highest BCUT2D eigenvalue weighted by Crippen LogP contribution is 2.26. The molecule has 0 aromatic carbocycles. The van der Waals surface area contributed by atoms with Crippen LogP contribution in [0.3, 0.4) is 0 Å². The van der Waals surface area contributed by atoms with Gasteiger partial charge in [-0.1, -0.05) is 0 Å². The molecule has 0 bridgehead atoms. The Labute approximate surface area is 91.9 Å². The fraction of sp³-hybridized carbons (Fsp3) is 0.800. The standard InChI is InChI=1S/C10H14F2O4/c1-2-16-9(14)10(11,12)8(13)7-4-3-5-15-6-7/h7H,2-6H2,1H3. The van der Waals surface area contributed by atoms with E-state index in [0.717, 1.165) is 0 Å². The third kappa shape index (κ3) is 2.75. The summed E-state index contributed by atoms with van der Waals surface area (Å²) in [6.07, 6.45) is 0.878. The van der Waals surface area contributed by atoms with Gasteiger partial charge in [0.05, 0.1) is 13.2 Å². The number of carbonyl (C=O) groups is 2. The van der Waals surface area contributed by atoms with Gasteiger partial charge in [-0.2, -0.15) is 8.78 Å². The van der Waals surface area contributed by atoms with E-state index in [0.29, 0.717) is 19.4 Å². The maximum absolute atomic E-state index is 13.3. The highest BCUT2D eigenvalue weighted by molar-refractivity contribution is 6.06. The molecule has 92 valence electrons. The maximum atomic E-state index is 13.3. The lowest BCUT2D eigenvalue weighted by atomic mass is 9.93. The number of carbonyl (C=O) groups excluding carboxylic acids is 2. The Hall–Kier alpha value is -1.04. The molecular formula is C10H14F2O4. The van der Waals surface area contributed by atoms with Crippen LogP contribution in [0.15, 0.2) is 0 Å². The second-order valence-electron chi connectivity index (χ2n) is 3.57. The van der Waals surface area contributed by atoms with Crippen molar-refractivity contribution in [2.24, 2.45) is 5.92 Å². The van der Waals surface area contributed by atoms with E-state index < -0.39 is 23.6 Å². The lowest BCUT2D eigenvalue weighted by molar-refractivity contribution is -0.179. The monoisotopic (exact) mass is 236 g/mol. The van der Waals surface area contributed by atoms with Crippen LogP contribution in [0.4, 0.5) is 8.78 Å². The summed E-state index contributed by atoms with van der Waals surface area (Å²) in [7, 11) is 0. The van der Waals surface area contributed by atoms with Gasteiger partial charge in [-0.25, -0.2) is 4.79 Å².